The van der Waals surface area contributed by atoms with Gasteiger partial charge in [0.05, 0.1) is 23.9 Å². The minimum atomic E-state index is -0.0523. The first-order valence-electron chi connectivity index (χ1n) is 9.32. The lowest BCUT2D eigenvalue weighted by atomic mass is 10.1. The number of hydrogen-bond donors (Lipinski definition) is 0. The quantitative estimate of drug-likeness (QED) is 0.411. The smallest absolute Gasteiger partial charge is 0.254 e. The van der Waals surface area contributed by atoms with E-state index >= 15 is 0 Å². The van der Waals surface area contributed by atoms with Crippen molar-refractivity contribution in [1.29, 1.82) is 0 Å². The van der Waals surface area contributed by atoms with E-state index in [1.807, 2.05) is 36.6 Å². The highest BCUT2D eigenvalue weighted by atomic mass is 35.5. The van der Waals surface area contributed by atoms with Crippen molar-refractivity contribution >= 4 is 40.4 Å². The molecule has 0 aliphatic rings. The molecule has 0 saturated carbocycles. The van der Waals surface area contributed by atoms with E-state index in [9.17, 15) is 4.79 Å². The monoisotopic (exact) mass is 464 g/mol. The predicted octanol–water partition coefficient (Wildman–Crippen LogP) is 5.63. The highest BCUT2D eigenvalue weighted by Gasteiger charge is 2.17. The number of carbonyl (C=O) groups is 1. The average Bonchev–Trinajstić information content (AvgIpc) is 3.19. The summed E-state index contributed by atoms with van der Waals surface area (Å²) in [4.78, 5) is 19.3. The number of carbonyl (C=O) groups excluding carboxylic acids is 1. The number of rotatable bonds is 9. The number of thiazole rings is 1. The fraction of sp³-hybridized carbons (Fsp3) is 0.273. The summed E-state index contributed by atoms with van der Waals surface area (Å²) in [5.41, 5.74) is 2.55. The van der Waals surface area contributed by atoms with Crippen LogP contribution in [0.3, 0.4) is 0 Å². The molecule has 3 rings (SSSR count). The maximum atomic E-state index is 12.9. The van der Waals surface area contributed by atoms with Crippen molar-refractivity contribution < 1.29 is 14.3 Å². The van der Waals surface area contributed by atoms with Crippen molar-refractivity contribution in [2.45, 2.75) is 20.1 Å². The molecule has 0 atom stereocenters. The topological polar surface area (TPSA) is 51.7 Å². The minimum absolute atomic E-state index is 0.0523. The van der Waals surface area contributed by atoms with Crippen LogP contribution in [-0.2, 0) is 17.9 Å². The average molecular weight is 465 g/mol. The number of aryl methyl sites for hydroxylation is 1. The van der Waals surface area contributed by atoms with Crippen molar-refractivity contribution in [1.82, 2.24) is 9.88 Å². The summed E-state index contributed by atoms with van der Waals surface area (Å²) in [6, 6.07) is 12.6. The van der Waals surface area contributed by atoms with Crippen LogP contribution in [0.15, 0.2) is 47.8 Å². The summed E-state index contributed by atoms with van der Waals surface area (Å²) in [5.74, 6) is 0.459. The lowest BCUT2D eigenvalue weighted by Crippen LogP contribution is -2.33. The van der Waals surface area contributed by atoms with E-state index in [-0.39, 0.29) is 12.5 Å². The molecule has 5 nitrogen and oxygen atoms in total. The zero-order valence-corrected chi connectivity index (χ0v) is 19.1. The van der Waals surface area contributed by atoms with Crippen LogP contribution in [0.25, 0.3) is 0 Å². The van der Waals surface area contributed by atoms with Gasteiger partial charge >= 0.3 is 0 Å². The Kier molecular flexibility index (Phi) is 8.10. The van der Waals surface area contributed by atoms with Gasteiger partial charge in [0.15, 0.2) is 0 Å². The van der Waals surface area contributed by atoms with Gasteiger partial charge in [-0.15, -0.1) is 11.3 Å². The molecule has 0 bridgehead atoms. The van der Waals surface area contributed by atoms with Gasteiger partial charge in [-0.3, -0.25) is 4.79 Å². The fourth-order valence-electron chi connectivity index (χ4n) is 2.74. The molecule has 2 aromatic carbocycles. The number of benzene rings is 2. The fourth-order valence-corrected chi connectivity index (χ4v) is 3.77. The zero-order chi connectivity index (χ0) is 21.5. The van der Waals surface area contributed by atoms with Crippen LogP contribution in [0.4, 0.5) is 0 Å². The molecule has 1 heterocycles. The second kappa shape index (κ2) is 10.8. The van der Waals surface area contributed by atoms with E-state index in [0.29, 0.717) is 41.1 Å². The van der Waals surface area contributed by atoms with Crippen molar-refractivity contribution in [3.63, 3.8) is 0 Å². The van der Waals surface area contributed by atoms with Crippen molar-refractivity contribution in [2.24, 2.45) is 0 Å². The number of aromatic nitrogens is 1. The Hall–Kier alpha value is -2.12. The molecular formula is C22H22Cl2N2O3S. The summed E-state index contributed by atoms with van der Waals surface area (Å²) in [6.07, 6.45) is 0. The standard InChI is InChI=1S/C22H22Cl2N2O3S/c1-15-3-5-16(6-4-15)22(27)26(9-10-28-2)12-18-14-30-21(25-18)13-29-20-11-17(23)7-8-19(20)24/h3-8,11,14H,9-10,12-13H2,1-2H3. The summed E-state index contributed by atoms with van der Waals surface area (Å²) in [7, 11) is 1.62. The van der Waals surface area contributed by atoms with Crippen LogP contribution in [0.5, 0.6) is 5.75 Å². The molecule has 0 radical (unpaired) electrons. The van der Waals surface area contributed by atoms with Crippen LogP contribution in [0, 0.1) is 6.92 Å². The van der Waals surface area contributed by atoms with Gasteiger partial charge < -0.3 is 14.4 Å². The van der Waals surface area contributed by atoms with Gasteiger partial charge in [-0.2, -0.15) is 0 Å². The van der Waals surface area contributed by atoms with E-state index in [1.54, 1.807) is 30.2 Å². The Morgan fingerprint density at radius 3 is 2.67 bits per heavy atom. The number of halogens is 2. The number of amides is 1. The van der Waals surface area contributed by atoms with Gasteiger partial charge in [-0.05, 0) is 31.2 Å². The molecule has 0 spiro atoms. The summed E-state index contributed by atoms with van der Waals surface area (Å²) in [5, 5.41) is 3.76. The minimum Gasteiger partial charge on any atom is -0.485 e. The Morgan fingerprint density at radius 2 is 1.93 bits per heavy atom. The molecule has 0 N–H and O–H groups in total. The third-order valence-corrected chi connectivity index (χ3v) is 5.77. The van der Waals surface area contributed by atoms with E-state index < -0.39 is 0 Å². The number of hydrogen-bond acceptors (Lipinski definition) is 5. The molecule has 0 aliphatic carbocycles. The third-order valence-electron chi connectivity index (χ3n) is 4.35. The van der Waals surface area contributed by atoms with Gasteiger partial charge in [0, 0.05) is 35.7 Å². The third kappa shape index (κ3) is 6.19. The molecule has 0 aliphatic heterocycles. The van der Waals surface area contributed by atoms with E-state index in [1.165, 1.54) is 11.3 Å². The first-order valence-corrected chi connectivity index (χ1v) is 11.0. The maximum absolute atomic E-state index is 12.9. The van der Waals surface area contributed by atoms with Crippen molar-refractivity contribution in [2.75, 3.05) is 20.3 Å². The second-order valence-corrected chi connectivity index (χ2v) is 8.47. The molecule has 30 heavy (non-hydrogen) atoms. The van der Waals surface area contributed by atoms with Gasteiger partial charge in [0.1, 0.15) is 17.4 Å². The number of ether oxygens (including phenoxy) is 2. The Labute approximate surface area is 190 Å². The predicted molar refractivity (Wildman–Crippen MR) is 121 cm³/mol. The molecule has 8 heteroatoms. The van der Waals surface area contributed by atoms with Crippen LogP contribution in [0.2, 0.25) is 10.0 Å². The first kappa shape index (κ1) is 22.6. The molecule has 0 saturated heterocycles. The Balaban J connectivity index is 1.66. The molecule has 0 fully saturated rings. The highest BCUT2D eigenvalue weighted by Crippen LogP contribution is 2.28. The van der Waals surface area contributed by atoms with Crippen LogP contribution < -0.4 is 4.74 Å². The Morgan fingerprint density at radius 1 is 1.17 bits per heavy atom. The Bertz CT molecular complexity index is 992. The van der Waals surface area contributed by atoms with Crippen molar-refractivity contribution in [3.8, 4) is 5.75 Å². The lowest BCUT2D eigenvalue weighted by Gasteiger charge is -2.21. The molecule has 1 amide bonds. The summed E-state index contributed by atoms with van der Waals surface area (Å²) in [6.45, 7) is 3.58. The van der Waals surface area contributed by atoms with Gasteiger partial charge in [0.25, 0.3) is 5.91 Å². The second-order valence-electron chi connectivity index (χ2n) is 6.68. The van der Waals surface area contributed by atoms with E-state index in [4.69, 9.17) is 32.7 Å². The summed E-state index contributed by atoms with van der Waals surface area (Å²) >= 11 is 13.6. The van der Waals surface area contributed by atoms with Crippen molar-refractivity contribution in [3.05, 3.63) is 79.7 Å². The van der Waals surface area contributed by atoms with E-state index in [2.05, 4.69) is 4.98 Å². The number of nitrogens with zero attached hydrogens (tertiary/aromatic N) is 2. The number of methoxy groups -OCH3 is 1. The molecular weight excluding hydrogens is 443 g/mol. The largest absolute Gasteiger partial charge is 0.485 e. The summed E-state index contributed by atoms with van der Waals surface area (Å²) < 4.78 is 10.9. The molecule has 158 valence electrons. The maximum Gasteiger partial charge on any atom is 0.254 e. The van der Waals surface area contributed by atoms with Gasteiger partial charge in [-0.25, -0.2) is 4.98 Å². The van der Waals surface area contributed by atoms with Crippen LogP contribution in [-0.4, -0.2) is 36.1 Å². The normalized spacial score (nSPS) is 10.8. The molecule has 3 aromatic rings. The van der Waals surface area contributed by atoms with E-state index in [0.717, 1.165) is 16.3 Å². The first-order chi connectivity index (χ1) is 14.5. The SMILES string of the molecule is COCCN(Cc1csc(COc2cc(Cl)ccc2Cl)n1)C(=O)c1ccc(C)cc1. The van der Waals surface area contributed by atoms with Crippen LogP contribution >= 0.6 is 34.5 Å². The van der Waals surface area contributed by atoms with Gasteiger partial charge in [0.2, 0.25) is 0 Å². The van der Waals surface area contributed by atoms with Crippen LogP contribution in [0.1, 0.15) is 26.6 Å². The highest BCUT2D eigenvalue weighted by molar-refractivity contribution is 7.09. The molecule has 1 aromatic heterocycles. The lowest BCUT2D eigenvalue weighted by molar-refractivity contribution is 0.0678. The van der Waals surface area contributed by atoms with Gasteiger partial charge in [-0.1, -0.05) is 40.9 Å². The molecule has 0 unspecified atom stereocenters. The zero-order valence-electron chi connectivity index (χ0n) is 16.7.